The smallest absolute Gasteiger partial charge is 0.118 e. The zero-order valence-corrected chi connectivity index (χ0v) is 12.7. The molecule has 0 amide bonds. The molecule has 104 valence electrons. The first-order valence-corrected chi connectivity index (χ1v) is 7.28. The summed E-state index contributed by atoms with van der Waals surface area (Å²) in [5.74, 6) is 2.13. The predicted molar refractivity (Wildman–Crippen MR) is 83.2 cm³/mol. The molecule has 1 nitrogen and oxygen atoms in total. The fourth-order valence-electron chi connectivity index (χ4n) is 3.38. The molecule has 1 heterocycles. The highest BCUT2D eigenvalue weighted by Gasteiger charge is 2.41. The first-order valence-electron chi connectivity index (χ1n) is 7.28. The molecule has 0 spiro atoms. The highest BCUT2D eigenvalue weighted by molar-refractivity contribution is 5.48. The Hall–Kier alpha value is -1.76. The molecule has 0 aromatic heterocycles. The van der Waals surface area contributed by atoms with Crippen molar-refractivity contribution in [2.45, 2.75) is 39.5 Å². The fraction of sp³-hybridized carbons (Fsp3) is 0.368. The van der Waals surface area contributed by atoms with E-state index in [-0.39, 0.29) is 10.8 Å². The van der Waals surface area contributed by atoms with Crippen LogP contribution in [0.1, 0.15) is 39.7 Å². The van der Waals surface area contributed by atoms with E-state index in [2.05, 4.69) is 76.3 Å². The van der Waals surface area contributed by atoms with Gasteiger partial charge in [0.25, 0.3) is 0 Å². The molecule has 0 unspecified atom stereocenters. The maximum absolute atomic E-state index is 6.19. The van der Waals surface area contributed by atoms with E-state index in [0.29, 0.717) is 0 Å². The van der Waals surface area contributed by atoms with E-state index in [1.165, 1.54) is 11.1 Å². The van der Waals surface area contributed by atoms with Crippen LogP contribution in [0.3, 0.4) is 0 Å². The Morgan fingerprint density at radius 2 is 1.75 bits per heavy atom. The first-order chi connectivity index (χ1) is 9.43. The lowest BCUT2D eigenvalue weighted by Crippen LogP contribution is -2.33. The van der Waals surface area contributed by atoms with Gasteiger partial charge in [-0.3, -0.25) is 0 Å². The van der Waals surface area contributed by atoms with E-state index in [1.807, 2.05) is 0 Å². The molecule has 1 heteroatoms. The SMILES string of the molecule is CC1=CC(C)(C)C2=C(O1)[C@](C)(c1ccccc1)CC=C2. The molecular formula is C19H22O. The normalized spacial score (nSPS) is 27.7. The van der Waals surface area contributed by atoms with Crippen LogP contribution < -0.4 is 0 Å². The molecule has 1 aliphatic carbocycles. The van der Waals surface area contributed by atoms with Crippen molar-refractivity contribution < 1.29 is 4.74 Å². The summed E-state index contributed by atoms with van der Waals surface area (Å²) in [6.45, 7) is 8.86. The Morgan fingerprint density at radius 3 is 2.45 bits per heavy atom. The van der Waals surface area contributed by atoms with Gasteiger partial charge in [-0.25, -0.2) is 0 Å². The monoisotopic (exact) mass is 266 g/mol. The second kappa shape index (κ2) is 4.37. The van der Waals surface area contributed by atoms with Gasteiger partial charge in [-0.1, -0.05) is 56.3 Å². The molecule has 0 bridgehead atoms. The minimum absolute atomic E-state index is 0.0324. The summed E-state index contributed by atoms with van der Waals surface area (Å²) in [7, 11) is 0. The summed E-state index contributed by atoms with van der Waals surface area (Å²) in [6.07, 6.45) is 7.72. The van der Waals surface area contributed by atoms with Crippen LogP contribution in [0.4, 0.5) is 0 Å². The molecule has 0 radical (unpaired) electrons. The summed E-state index contributed by atoms with van der Waals surface area (Å²) in [5.41, 5.74) is 2.59. The number of allylic oxidation sites excluding steroid dienone is 6. The van der Waals surface area contributed by atoms with Crippen molar-refractivity contribution in [3.63, 3.8) is 0 Å². The molecule has 2 aliphatic rings. The van der Waals surface area contributed by atoms with E-state index in [1.54, 1.807) is 0 Å². The molecule has 1 atom stereocenters. The van der Waals surface area contributed by atoms with Crippen LogP contribution in [0.5, 0.6) is 0 Å². The fourth-order valence-corrected chi connectivity index (χ4v) is 3.38. The van der Waals surface area contributed by atoms with Crippen molar-refractivity contribution in [3.8, 4) is 0 Å². The van der Waals surface area contributed by atoms with Gasteiger partial charge in [0.15, 0.2) is 0 Å². The van der Waals surface area contributed by atoms with Crippen LogP contribution in [0.15, 0.2) is 65.7 Å². The Morgan fingerprint density at radius 1 is 1.05 bits per heavy atom. The van der Waals surface area contributed by atoms with Gasteiger partial charge in [-0.05, 0) is 31.9 Å². The van der Waals surface area contributed by atoms with Crippen molar-refractivity contribution in [2.75, 3.05) is 0 Å². The van der Waals surface area contributed by atoms with Gasteiger partial charge in [0, 0.05) is 11.0 Å². The molecule has 3 rings (SSSR count). The van der Waals surface area contributed by atoms with Crippen molar-refractivity contribution >= 4 is 0 Å². The maximum atomic E-state index is 6.19. The van der Waals surface area contributed by atoms with E-state index >= 15 is 0 Å². The Kier molecular flexibility index (Phi) is 2.89. The largest absolute Gasteiger partial charge is 0.465 e. The van der Waals surface area contributed by atoms with Crippen LogP contribution in [0.2, 0.25) is 0 Å². The second-order valence-corrected chi connectivity index (χ2v) is 6.63. The van der Waals surface area contributed by atoms with Crippen LogP contribution in [-0.2, 0) is 10.2 Å². The third kappa shape index (κ3) is 1.93. The minimum atomic E-state index is -0.0713. The van der Waals surface area contributed by atoms with Crippen molar-refractivity contribution in [1.82, 2.24) is 0 Å². The van der Waals surface area contributed by atoms with Gasteiger partial charge in [-0.2, -0.15) is 0 Å². The first kappa shape index (κ1) is 13.2. The molecule has 0 saturated carbocycles. The van der Waals surface area contributed by atoms with E-state index in [4.69, 9.17) is 4.74 Å². The highest BCUT2D eigenvalue weighted by Crippen LogP contribution is 2.49. The Labute approximate surface area is 121 Å². The average Bonchev–Trinajstić information content (AvgIpc) is 2.40. The lowest BCUT2D eigenvalue weighted by Gasteiger charge is -2.42. The molecule has 20 heavy (non-hydrogen) atoms. The molecule has 0 fully saturated rings. The predicted octanol–water partition coefficient (Wildman–Crippen LogP) is 5.12. The van der Waals surface area contributed by atoms with Gasteiger partial charge >= 0.3 is 0 Å². The molecular weight excluding hydrogens is 244 g/mol. The quantitative estimate of drug-likeness (QED) is 0.685. The summed E-state index contributed by atoms with van der Waals surface area (Å²) < 4.78 is 6.19. The molecule has 1 aromatic carbocycles. The third-order valence-electron chi connectivity index (χ3n) is 4.49. The summed E-state index contributed by atoms with van der Waals surface area (Å²) in [6, 6.07) is 10.7. The zero-order chi connectivity index (χ0) is 14.4. The van der Waals surface area contributed by atoms with Gasteiger partial charge in [-0.15, -0.1) is 0 Å². The Balaban J connectivity index is 2.16. The summed E-state index contributed by atoms with van der Waals surface area (Å²) in [4.78, 5) is 0. The molecule has 0 saturated heterocycles. The van der Waals surface area contributed by atoms with Crippen molar-refractivity contribution in [3.05, 3.63) is 71.2 Å². The number of rotatable bonds is 1. The maximum Gasteiger partial charge on any atom is 0.118 e. The lowest BCUT2D eigenvalue weighted by molar-refractivity contribution is 0.208. The second-order valence-electron chi connectivity index (χ2n) is 6.63. The molecule has 0 N–H and O–H groups in total. The average molecular weight is 266 g/mol. The number of hydrogen-bond donors (Lipinski definition) is 0. The summed E-state index contributed by atoms with van der Waals surface area (Å²) in [5, 5.41) is 0. The van der Waals surface area contributed by atoms with Crippen molar-refractivity contribution in [2.24, 2.45) is 5.41 Å². The van der Waals surface area contributed by atoms with Crippen molar-refractivity contribution in [1.29, 1.82) is 0 Å². The van der Waals surface area contributed by atoms with E-state index < -0.39 is 0 Å². The van der Waals surface area contributed by atoms with Gasteiger partial charge in [0.2, 0.25) is 0 Å². The van der Waals surface area contributed by atoms with Gasteiger partial charge < -0.3 is 4.74 Å². The minimum Gasteiger partial charge on any atom is -0.465 e. The van der Waals surface area contributed by atoms with Gasteiger partial charge in [0.05, 0.1) is 11.2 Å². The highest BCUT2D eigenvalue weighted by atomic mass is 16.5. The topological polar surface area (TPSA) is 9.23 Å². The Bertz CT molecular complexity index is 616. The van der Waals surface area contributed by atoms with Crippen LogP contribution >= 0.6 is 0 Å². The van der Waals surface area contributed by atoms with Crippen LogP contribution in [0, 0.1) is 5.41 Å². The third-order valence-corrected chi connectivity index (χ3v) is 4.49. The van der Waals surface area contributed by atoms with Gasteiger partial charge in [0.1, 0.15) is 5.76 Å². The number of benzene rings is 1. The standard InChI is InChI=1S/C19H22O/c1-14-13-18(2,3)16-11-8-12-19(4,17(16)20-14)15-9-6-5-7-10-15/h5-11,13H,12H2,1-4H3/t19-/m0/s1. The molecule has 1 aromatic rings. The number of ether oxygens (including phenoxy) is 1. The van der Waals surface area contributed by atoms with E-state index in [0.717, 1.165) is 17.9 Å². The molecule has 1 aliphatic heterocycles. The summed E-state index contributed by atoms with van der Waals surface area (Å²) >= 11 is 0. The number of hydrogen-bond acceptors (Lipinski definition) is 1. The van der Waals surface area contributed by atoms with Crippen LogP contribution in [0.25, 0.3) is 0 Å². The van der Waals surface area contributed by atoms with E-state index in [9.17, 15) is 0 Å². The van der Waals surface area contributed by atoms with Crippen LogP contribution in [-0.4, -0.2) is 0 Å². The lowest BCUT2D eigenvalue weighted by atomic mass is 9.68. The zero-order valence-electron chi connectivity index (χ0n) is 12.7.